The summed E-state index contributed by atoms with van der Waals surface area (Å²) < 4.78 is 2.62. The van der Waals surface area contributed by atoms with Crippen LogP contribution in [0.25, 0.3) is 53.2 Å². The number of fused-ring (bicyclic) bond motifs is 7. The van der Waals surface area contributed by atoms with Gasteiger partial charge in [-0.2, -0.15) is 0 Å². The van der Waals surface area contributed by atoms with E-state index < -0.39 is 0 Å². The van der Waals surface area contributed by atoms with Crippen molar-refractivity contribution >= 4 is 59.3 Å². The molecule has 0 saturated carbocycles. The molecular weight excluding hydrogens is 563 g/mol. The van der Waals surface area contributed by atoms with Crippen molar-refractivity contribution in [2.75, 3.05) is 4.90 Å². The first-order valence-electron chi connectivity index (χ1n) is 15.6. The summed E-state index contributed by atoms with van der Waals surface area (Å²) in [7, 11) is 0. The maximum Gasteiger partial charge on any atom is 0.0640 e. The van der Waals surface area contributed by atoms with Gasteiger partial charge in [0.15, 0.2) is 0 Å². The average molecular weight is 594 g/mol. The molecule has 0 unspecified atom stereocenters. The van der Waals surface area contributed by atoms with E-state index in [1.54, 1.807) is 0 Å². The van der Waals surface area contributed by atoms with E-state index in [9.17, 15) is 0 Å². The highest BCUT2D eigenvalue weighted by Crippen LogP contribution is 2.55. The van der Waals surface area contributed by atoms with Crippen molar-refractivity contribution in [3.63, 3.8) is 0 Å². The Kier molecular flexibility index (Phi) is 5.78. The van der Waals surface area contributed by atoms with Crippen molar-refractivity contribution in [1.82, 2.24) is 0 Å². The normalized spacial score (nSPS) is 13.3. The van der Waals surface area contributed by atoms with E-state index in [0.717, 1.165) is 5.69 Å². The Morgan fingerprint density at radius 2 is 1.11 bits per heavy atom. The van der Waals surface area contributed by atoms with Gasteiger partial charge in [-0.3, -0.25) is 0 Å². The minimum absolute atomic E-state index is 0.0740. The molecule has 45 heavy (non-hydrogen) atoms. The molecule has 0 spiro atoms. The molecule has 0 amide bonds. The molecule has 0 N–H and O–H groups in total. The lowest BCUT2D eigenvalue weighted by Crippen LogP contribution is -2.16. The summed E-state index contributed by atoms with van der Waals surface area (Å²) in [6.07, 6.45) is 0. The van der Waals surface area contributed by atoms with Crippen LogP contribution in [0.1, 0.15) is 25.0 Å². The zero-order valence-electron chi connectivity index (χ0n) is 25.3. The number of hydrogen-bond donors (Lipinski definition) is 0. The van der Waals surface area contributed by atoms with Gasteiger partial charge in [0.25, 0.3) is 0 Å². The van der Waals surface area contributed by atoms with Gasteiger partial charge in [-0.1, -0.05) is 135 Å². The van der Waals surface area contributed by atoms with Crippen molar-refractivity contribution in [1.29, 1.82) is 0 Å². The van der Waals surface area contributed by atoms with E-state index in [2.05, 4.69) is 170 Å². The van der Waals surface area contributed by atoms with Crippen LogP contribution in [-0.4, -0.2) is 0 Å². The average Bonchev–Trinajstić information content (AvgIpc) is 3.58. The van der Waals surface area contributed by atoms with Crippen LogP contribution in [0.3, 0.4) is 0 Å². The van der Waals surface area contributed by atoms with Crippen molar-refractivity contribution in [3.8, 4) is 22.3 Å². The number of rotatable bonds is 4. The van der Waals surface area contributed by atoms with E-state index in [4.69, 9.17) is 0 Å². The summed E-state index contributed by atoms with van der Waals surface area (Å²) >= 11 is 1.88. The van der Waals surface area contributed by atoms with Gasteiger partial charge in [0.05, 0.1) is 16.1 Å². The topological polar surface area (TPSA) is 3.24 Å². The number of nitrogens with zero attached hydrogens (tertiary/aromatic N) is 1. The van der Waals surface area contributed by atoms with E-state index >= 15 is 0 Å². The Morgan fingerprint density at radius 1 is 0.489 bits per heavy atom. The van der Waals surface area contributed by atoms with Gasteiger partial charge < -0.3 is 4.90 Å². The molecule has 0 bridgehead atoms. The Hall–Kier alpha value is -5.18. The van der Waals surface area contributed by atoms with Gasteiger partial charge >= 0.3 is 0 Å². The molecule has 0 saturated heterocycles. The lowest BCUT2D eigenvalue weighted by molar-refractivity contribution is 0.660. The summed E-state index contributed by atoms with van der Waals surface area (Å²) in [5.41, 5.74) is 11.4. The molecule has 0 fully saturated rings. The highest BCUT2D eigenvalue weighted by atomic mass is 32.1. The largest absolute Gasteiger partial charge is 0.308 e. The molecular formula is C43H31NS. The minimum atomic E-state index is -0.0740. The van der Waals surface area contributed by atoms with Crippen molar-refractivity contribution < 1.29 is 0 Å². The number of hydrogen-bond acceptors (Lipinski definition) is 2. The van der Waals surface area contributed by atoms with Crippen LogP contribution >= 0.6 is 11.3 Å². The van der Waals surface area contributed by atoms with E-state index in [1.807, 2.05) is 11.3 Å². The third kappa shape index (κ3) is 3.92. The first kappa shape index (κ1) is 26.2. The fourth-order valence-corrected chi connectivity index (χ4v) is 8.71. The van der Waals surface area contributed by atoms with E-state index in [1.165, 1.54) is 75.7 Å². The molecule has 9 rings (SSSR count). The van der Waals surface area contributed by atoms with Gasteiger partial charge in [-0.05, 0) is 68.9 Å². The SMILES string of the molecule is CC1(C)c2ccccc2-c2c(N(c3ccc(-c4cccc5ccccc45)cc3)c3cccc4c3sc3ccccc34)cccc21. The number of thiophene rings is 1. The van der Waals surface area contributed by atoms with Crippen LogP contribution < -0.4 is 4.90 Å². The molecule has 214 valence electrons. The van der Waals surface area contributed by atoms with Gasteiger partial charge in [0.1, 0.15) is 0 Å². The lowest BCUT2D eigenvalue weighted by atomic mass is 9.82. The van der Waals surface area contributed by atoms with Gasteiger partial charge in [-0.15, -0.1) is 11.3 Å². The predicted octanol–water partition coefficient (Wildman–Crippen LogP) is 12.7. The molecule has 1 aromatic heterocycles. The Bertz CT molecular complexity index is 2410. The zero-order valence-corrected chi connectivity index (χ0v) is 26.1. The molecule has 1 nitrogen and oxygen atoms in total. The second kappa shape index (κ2) is 9.92. The highest BCUT2D eigenvalue weighted by Gasteiger charge is 2.37. The maximum atomic E-state index is 2.50. The second-order valence-electron chi connectivity index (χ2n) is 12.5. The third-order valence-corrected chi connectivity index (χ3v) is 10.9. The molecule has 1 aliphatic carbocycles. The zero-order chi connectivity index (χ0) is 30.1. The van der Waals surface area contributed by atoms with Crippen molar-refractivity contribution in [3.05, 3.63) is 163 Å². The molecule has 1 heterocycles. The third-order valence-electron chi connectivity index (χ3n) is 9.68. The quantitative estimate of drug-likeness (QED) is 0.196. The molecule has 1 aliphatic rings. The highest BCUT2D eigenvalue weighted by molar-refractivity contribution is 7.26. The van der Waals surface area contributed by atoms with Crippen LogP contribution in [0.4, 0.5) is 17.1 Å². The maximum absolute atomic E-state index is 2.50. The van der Waals surface area contributed by atoms with Gasteiger partial charge in [0.2, 0.25) is 0 Å². The van der Waals surface area contributed by atoms with Crippen LogP contribution in [0.5, 0.6) is 0 Å². The van der Waals surface area contributed by atoms with E-state index in [-0.39, 0.29) is 5.41 Å². The minimum Gasteiger partial charge on any atom is -0.308 e. The fraction of sp³-hybridized carbons (Fsp3) is 0.0698. The van der Waals surface area contributed by atoms with Gasteiger partial charge in [0, 0.05) is 32.1 Å². The smallest absolute Gasteiger partial charge is 0.0640 e. The first-order chi connectivity index (χ1) is 22.1. The Labute approximate surface area is 267 Å². The predicted molar refractivity (Wildman–Crippen MR) is 195 cm³/mol. The van der Waals surface area contributed by atoms with Crippen LogP contribution in [0, 0.1) is 0 Å². The molecule has 8 aromatic rings. The molecule has 0 aliphatic heterocycles. The lowest BCUT2D eigenvalue weighted by Gasteiger charge is -2.29. The summed E-state index contributed by atoms with van der Waals surface area (Å²) in [5, 5.41) is 5.16. The standard InChI is InChI=1S/C43H31NS/c1-43(2)36-19-7-5-16-35(36)41-37(43)20-11-21-38(41)44(39-22-10-18-34-33-15-6-8-23-40(33)45-42(34)39)30-26-24-29(25-27-30)32-17-9-13-28-12-3-4-14-31(28)32/h3-27H,1-2H3. The Balaban J connectivity index is 1.30. The molecule has 0 atom stereocenters. The summed E-state index contributed by atoms with van der Waals surface area (Å²) in [6.45, 7) is 4.72. The molecule has 2 heteroatoms. The summed E-state index contributed by atoms with van der Waals surface area (Å²) in [5.74, 6) is 0. The van der Waals surface area contributed by atoms with Crippen LogP contribution in [0.2, 0.25) is 0 Å². The Morgan fingerprint density at radius 3 is 2.00 bits per heavy atom. The van der Waals surface area contributed by atoms with Crippen LogP contribution in [0.15, 0.2) is 152 Å². The van der Waals surface area contributed by atoms with Crippen molar-refractivity contribution in [2.45, 2.75) is 19.3 Å². The fourth-order valence-electron chi connectivity index (χ4n) is 7.51. The summed E-state index contributed by atoms with van der Waals surface area (Å²) in [4.78, 5) is 2.50. The first-order valence-corrected chi connectivity index (χ1v) is 16.4. The molecule has 0 radical (unpaired) electrons. The monoisotopic (exact) mass is 593 g/mol. The summed E-state index contributed by atoms with van der Waals surface area (Å²) in [6, 6.07) is 55.8. The molecule has 7 aromatic carbocycles. The van der Waals surface area contributed by atoms with Crippen molar-refractivity contribution in [2.24, 2.45) is 0 Å². The second-order valence-corrected chi connectivity index (χ2v) is 13.6. The number of benzene rings is 7. The number of anilines is 3. The van der Waals surface area contributed by atoms with E-state index in [0.29, 0.717) is 0 Å². The van der Waals surface area contributed by atoms with Crippen LogP contribution in [-0.2, 0) is 5.41 Å². The van der Waals surface area contributed by atoms with Gasteiger partial charge in [-0.25, -0.2) is 0 Å².